The number of aromatic nitrogens is 2. The number of ether oxygens (including phenoxy) is 2. The maximum absolute atomic E-state index is 6.27. The molecule has 0 amide bonds. The molecule has 0 aliphatic heterocycles. The molecule has 2 fully saturated rings. The highest BCUT2D eigenvalue weighted by Crippen LogP contribution is 2.33. The van der Waals surface area contributed by atoms with Crippen LogP contribution >= 0.6 is 0 Å². The topological polar surface area (TPSA) is 44.2 Å². The molecule has 3 rings (SSSR count). The van der Waals surface area contributed by atoms with Gasteiger partial charge in [0.2, 0.25) is 11.8 Å². The Labute approximate surface area is 157 Å². The van der Waals surface area contributed by atoms with Gasteiger partial charge in [-0.3, -0.25) is 0 Å². The lowest BCUT2D eigenvalue weighted by Gasteiger charge is -2.29. The Morgan fingerprint density at radius 3 is 2.08 bits per heavy atom. The fraction of sp³-hybridized carbons (Fsp3) is 0.636. The predicted molar refractivity (Wildman–Crippen MR) is 105 cm³/mol. The molecule has 4 nitrogen and oxygen atoms in total. The van der Waals surface area contributed by atoms with Crippen molar-refractivity contribution in [1.29, 1.82) is 0 Å². The van der Waals surface area contributed by atoms with Crippen LogP contribution in [0.4, 0.5) is 0 Å². The third kappa shape index (κ3) is 4.87. The van der Waals surface area contributed by atoms with Crippen molar-refractivity contribution < 1.29 is 9.47 Å². The minimum Gasteiger partial charge on any atom is -0.474 e. The van der Waals surface area contributed by atoms with E-state index < -0.39 is 0 Å². The van der Waals surface area contributed by atoms with E-state index in [-0.39, 0.29) is 12.2 Å². The number of hydrogen-bond donors (Lipinski definition) is 0. The Kier molecular flexibility index (Phi) is 6.00. The highest BCUT2D eigenvalue weighted by Gasteiger charge is 2.26. The lowest BCUT2D eigenvalue weighted by atomic mass is 9.85. The molecule has 142 valence electrons. The zero-order valence-corrected chi connectivity index (χ0v) is 16.5. The van der Waals surface area contributed by atoms with Gasteiger partial charge in [-0.2, -0.15) is 0 Å². The van der Waals surface area contributed by atoms with Gasteiger partial charge in [0, 0.05) is 12.8 Å². The largest absolute Gasteiger partial charge is 0.474 e. The molecule has 0 unspecified atom stereocenters. The minimum absolute atomic E-state index is 0.135. The van der Waals surface area contributed by atoms with Crippen LogP contribution in [-0.2, 0) is 0 Å². The maximum Gasteiger partial charge on any atom is 0.223 e. The molecule has 2 aliphatic carbocycles. The molecule has 4 heteroatoms. The number of hydrogen-bond acceptors (Lipinski definition) is 4. The van der Waals surface area contributed by atoms with Gasteiger partial charge in [-0.1, -0.05) is 38.2 Å². The molecule has 1 aromatic rings. The van der Waals surface area contributed by atoms with Crippen molar-refractivity contribution in [3.63, 3.8) is 0 Å². The first-order valence-corrected chi connectivity index (χ1v) is 9.89. The number of rotatable bonds is 4. The van der Waals surface area contributed by atoms with E-state index in [4.69, 9.17) is 9.47 Å². The molecule has 0 radical (unpaired) electrons. The van der Waals surface area contributed by atoms with Gasteiger partial charge in [-0.25, -0.2) is 9.97 Å². The van der Waals surface area contributed by atoms with E-state index in [1.165, 1.54) is 17.6 Å². The van der Waals surface area contributed by atoms with Crippen molar-refractivity contribution in [3.8, 4) is 11.8 Å². The van der Waals surface area contributed by atoms with Gasteiger partial charge >= 0.3 is 0 Å². The Bertz CT molecular complexity index is 670. The van der Waals surface area contributed by atoms with E-state index in [1.54, 1.807) is 6.33 Å². The SMILES string of the molecule is C=C1CC[C@@H](C)C[C@H](Oc2ncnc(O[C@H]3CC(=C)C[C@H](C)C3)c2C)C1. The highest BCUT2D eigenvalue weighted by atomic mass is 16.5. The normalized spacial score (nSPS) is 30.0. The van der Waals surface area contributed by atoms with Crippen molar-refractivity contribution >= 4 is 0 Å². The third-order valence-electron chi connectivity index (χ3n) is 5.54. The molecule has 1 heterocycles. The van der Waals surface area contributed by atoms with E-state index in [0.29, 0.717) is 23.6 Å². The van der Waals surface area contributed by atoms with Crippen LogP contribution in [0, 0.1) is 18.8 Å². The van der Waals surface area contributed by atoms with Gasteiger partial charge in [-0.05, 0) is 50.9 Å². The molecule has 0 aromatic carbocycles. The first-order valence-electron chi connectivity index (χ1n) is 9.89. The second-order valence-electron chi connectivity index (χ2n) is 8.42. The summed E-state index contributed by atoms with van der Waals surface area (Å²) in [4.78, 5) is 8.74. The first kappa shape index (κ1) is 18.9. The summed E-state index contributed by atoms with van der Waals surface area (Å²) in [6.07, 6.45) is 9.11. The van der Waals surface area contributed by atoms with Gasteiger partial charge in [0.25, 0.3) is 0 Å². The fourth-order valence-corrected chi connectivity index (χ4v) is 4.19. The van der Waals surface area contributed by atoms with E-state index in [2.05, 4.69) is 37.0 Å². The molecule has 26 heavy (non-hydrogen) atoms. The van der Waals surface area contributed by atoms with Gasteiger partial charge in [0.1, 0.15) is 18.5 Å². The number of nitrogens with zero attached hydrogens (tertiary/aromatic N) is 2. The predicted octanol–water partition coefficient (Wildman–Crippen LogP) is 5.42. The van der Waals surface area contributed by atoms with Crippen LogP contribution in [0.3, 0.4) is 0 Å². The Balaban J connectivity index is 1.70. The smallest absolute Gasteiger partial charge is 0.223 e. The molecule has 2 saturated carbocycles. The molecular formula is C22H32N2O2. The van der Waals surface area contributed by atoms with Crippen LogP contribution in [0.15, 0.2) is 30.6 Å². The lowest BCUT2D eigenvalue weighted by molar-refractivity contribution is 0.140. The quantitative estimate of drug-likeness (QED) is 0.533. The van der Waals surface area contributed by atoms with Crippen LogP contribution < -0.4 is 9.47 Å². The van der Waals surface area contributed by atoms with E-state index in [1.807, 2.05) is 6.92 Å². The Morgan fingerprint density at radius 2 is 1.46 bits per heavy atom. The zero-order valence-electron chi connectivity index (χ0n) is 16.5. The van der Waals surface area contributed by atoms with E-state index in [9.17, 15) is 0 Å². The van der Waals surface area contributed by atoms with Crippen LogP contribution in [-0.4, -0.2) is 22.2 Å². The molecular weight excluding hydrogens is 324 g/mol. The summed E-state index contributed by atoms with van der Waals surface area (Å²) in [5, 5.41) is 0. The molecule has 0 saturated heterocycles. The molecule has 0 spiro atoms. The zero-order chi connectivity index (χ0) is 18.7. The highest BCUT2D eigenvalue weighted by molar-refractivity contribution is 5.33. The summed E-state index contributed by atoms with van der Waals surface area (Å²) < 4.78 is 12.5. The summed E-state index contributed by atoms with van der Waals surface area (Å²) in [7, 11) is 0. The van der Waals surface area contributed by atoms with Crippen molar-refractivity contribution in [3.05, 3.63) is 36.2 Å². The second-order valence-corrected chi connectivity index (χ2v) is 8.42. The minimum atomic E-state index is 0.135. The average molecular weight is 357 g/mol. The van der Waals surface area contributed by atoms with Crippen molar-refractivity contribution in [2.45, 2.75) is 77.9 Å². The fourth-order valence-electron chi connectivity index (χ4n) is 4.19. The van der Waals surface area contributed by atoms with Gasteiger partial charge in [0.15, 0.2) is 0 Å². The molecule has 0 N–H and O–H groups in total. The first-order chi connectivity index (χ1) is 12.4. The average Bonchev–Trinajstić information content (AvgIpc) is 2.71. The summed E-state index contributed by atoms with van der Waals surface area (Å²) in [5.74, 6) is 2.54. The Hall–Kier alpha value is -1.84. The molecule has 1 aromatic heterocycles. The summed E-state index contributed by atoms with van der Waals surface area (Å²) in [6, 6.07) is 0. The second kappa shape index (κ2) is 8.24. The third-order valence-corrected chi connectivity index (χ3v) is 5.54. The molecule has 4 atom stereocenters. The van der Waals surface area contributed by atoms with Crippen LogP contribution in [0.1, 0.15) is 64.4 Å². The van der Waals surface area contributed by atoms with E-state index in [0.717, 1.165) is 44.1 Å². The van der Waals surface area contributed by atoms with Crippen molar-refractivity contribution in [2.24, 2.45) is 11.8 Å². The van der Waals surface area contributed by atoms with Gasteiger partial charge in [0.05, 0.1) is 5.56 Å². The summed E-state index contributed by atoms with van der Waals surface area (Å²) in [6.45, 7) is 14.9. The monoisotopic (exact) mass is 356 g/mol. The van der Waals surface area contributed by atoms with Crippen molar-refractivity contribution in [1.82, 2.24) is 9.97 Å². The standard InChI is InChI=1S/C22H32N2O2/c1-14-6-7-15(2)10-19(9-14)25-21-18(5)22(24-13-23-21)26-20-11-16(3)8-17(4)12-20/h13,15,17,19-20H,1,3,6-12H2,2,4-5H3/t15-,17+,19-,20+/m1/s1. The van der Waals surface area contributed by atoms with Crippen LogP contribution in [0.25, 0.3) is 0 Å². The lowest BCUT2D eigenvalue weighted by Crippen LogP contribution is -2.26. The van der Waals surface area contributed by atoms with Gasteiger partial charge in [-0.15, -0.1) is 0 Å². The summed E-state index contributed by atoms with van der Waals surface area (Å²) in [5.41, 5.74) is 3.43. The maximum atomic E-state index is 6.27. The molecule has 2 aliphatic rings. The van der Waals surface area contributed by atoms with Gasteiger partial charge < -0.3 is 9.47 Å². The van der Waals surface area contributed by atoms with Crippen molar-refractivity contribution in [2.75, 3.05) is 0 Å². The summed E-state index contributed by atoms with van der Waals surface area (Å²) >= 11 is 0. The molecule has 0 bridgehead atoms. The van der Waals surface area contributed by atoms with Crippen LogP contribution in [0.2, 0.25) is 0 Å². The van der Waals surface area contributed by atoms with E-state index >= 15 is 0 Å². The Morgan fingerprint density at radius 1 is 0.885 bits per heavy atom. The van der Waals surface area contributed by atoms with Crippen LogP contribution in [0.5, 0.6) is 11.8 Å².